The third-order valence-electron chi connectivity index (χ3n) is 7.50. The summed E-state index contributed by atoms with van der Waals surface area (Å²) < 4.78 is 17.4. The topological polar surface area (TPSA) is 80.0 Å². The van der Waals surface area contributed by atoms with E-state index in [-0.39, 0.29) is 22.6 Å². The molecule has 2 bridgehead atoms. The molecular formula is C24H29FN6O. The Morgan fingerprint density at radius 2 is 2.06 bits per heavy atom. The van der Waals surface area contributed by atoms with Crippen molar-refractivity contribution in [3.63, 3.8) is 0 Å². The van der Waals surface area contributed by atoms with Gasteiger partial charge < -0.3 is 14.6 Å². The molecule has 168 valence electrons. The van der Waals surface area contributed by atoms with Crippen molar-refractivity contribution in [2.45, 2.75) is 58.2 Å². The van der Waals surface area contributed by atoms with Gasteiger partial charge in [-0.15, -0.1) is 10.2 Å². The smallest absolute Gasteiger partial charge is 0.185 e. The van der Waals surface area contributed by atoms with Gasteiger partial charge in [-0.2, -0.15) is 0 Å². The number of halogens is 1. The normalized spacial score (nSPS) is 29.6. The SMILES string of the molecule is CN(c1cnc(-c2ccc(-n3ccnc3)cc2O)nn1)[C@@H]1C[C@@]2(C)CCC[C@](C)(C2)[C@@H]1F. The number of hydrogen-bond acceptors (Lipinski definition) is 6. The van der Waals surface area contributed by atoms with Gasteiger partial charge in [-0.3, -0.25) is 0 Å². The number of aromatic nitrogens is 5. The van der Waals surface area contributed by atoms with Crippen LogP contribution in [0.5, 0.6) is 5.75 Å². The molecular weight excluding hydrogens is 407 g/mol. The molecule has 0 radical (unpaired) electrons. The van der Waals surface area contributed by atoms with Crippen molar-refractivity contribution in [2.24, 2.45) is 10.8 Å². The minimum absolute atomic E-state index is 0.0592. The quantitative estimate of drug-likeness (QED) is 0.646. The molecule has 2 aliphatic rings. The van der Waals surface area contributed by atoms with Crippen LogP contribution >= 0.6 is 0 Å². The van der Waals surface area contributed by atoms with Crippen LogP contribution < -0.4 is 4.90 Å². The van der Waals surface area contributed by atoms with E-state index in [4.69, 9.17) is 0 Å². The zero-order valence-corrected chi connectivity index (χ0v) is 18.7. The largest absolute Gasteiger partial charge is 0.507 e. The molecule has 0 saturated heterocycles. The Bertz CT molecular complexity index is 1100. The van der Waals surface area contributed by atoms with Crippen LogP contribution in [0, 0.1) is 10.8 Å². The molecule has 0 aliphatic heterocycles. The molecule has 2 aromatic heterocycles. The third-order valence-corrected chi connectivity index (χ3v) is 7.50. The van der Waals surface area contributed by atoms with Crippen molar-refractivity contribution in [1.29, 1.82) is 0 Å². The van der Waals surface area contributed by atoms with Gasteiger partial charge in [-0.1, -0.05) is 20.3 Å². The van der Waals surface area contributed by atoms with Gasteiger partial charge in [0.05, 0.1) is 29.8 Å². The highest BCUT2D eigenvalue weighted by atomic mass is 19.1. The number of rotatable bonds is 4. The van der Waals surface area contributed by atoms with Crippen LogP contribution in [0.3, 0.4) is 0 Å². The highest BCUT2D eigenvalue weighted by Crippen LogP contribution is 2.57. The minimum atomic E-state index is -0.915. The van der Waals surface area contributed by atoms with Gasteiger partial charge >= 0.3 is 0 Å². The van der Waals surface area contributed by atoms with E-state index in [9.17, 15) is 5.11 Å². The molecule has 3 aromatic rings. The maximum atomic E-state index is 15.6. The lowest BCUT2D eigenvalue weighted by atomic mass is 9.54. The summed E-state index contributed by atoms with van der Waals surface area (Å²) in [6.45, 7) is 4.39. The van der Waals surface area contributed by atoms with Gasteiger partial charge in [0.1, 0.15) is 11.9 Å². The Kier molecular flexibility index (Phi) is 4.91. The lowest BCUT2D eigenvalue weighted by Gasteiger charge is -2.55. The van der Waals surface area contributed by atoms with Crippen molar-refractivity contribution in [3.8, 4) is 22.8 Å². The summed E-state index contributed by atoms with van der Waals surface area (Å²) in [4.78, 5) is 10.4. The first-order chi connectivity index (χ1) is 15.3. The summed E-state index contributed by atoms with van der Waals surface area (Å²) in [5.41, 5.74) is 1.16. The van der Waals surface area contributed by atoms with Crippen LogP contribution in [0.25, 0.3) is 17.1 Å². The molecule has 32 heavy (non-hydrogen) atoms. The van der Waals surface area contributed by atoms with E-state index in [1.165, 1.54) is 0 Å². The van der Waals surface area contributed by atoms with Crippen molar-refractivity contribution in [3.05, 3.63) is 43.1 Å². The van der Waals surface area contributed by atoms with Crippen molar-refractivity contribution < 1.29 is 9.50 Å². The monoisotopic (exact) mass is 436 g/mol. The second-order valence-corrected chi connectivity index (χ2v) is 10.1. The number of nitrogens with zero attached hydrogens (tertiary/aromatic N) is 6. The second-order valence-electron chi connectivity index (χ2n) is 10.1. The lowest BCUT2D eigenvalue weighted by Crippen LogP contribution is -2.57. The lowest BCUT2D eigenvalue weighted by molar-refractivity contribution is -0.0540. The van der Waals surface area contributed by atoms with E-state index in [2.05, 4.69) is 34.0 Å². The fourth-order valence-electron chi connectivity index (χ4n) is 5.89. The molecule has 2 fully saturated rings. The summed E-state index contributed by atoms with van der Waals surface area (Å²) in [6, 6.07) is 5.00. The van der Waals surface area contributed by atoms with Gasteiger partial charge in [0.15, 0.2) is 11.6 Å². The number of fused-ring (bicyclic) bond motifs is 2. The number of imidazole rings is 1. The maximum Gasteiger partial charge on any atom is 0.185 e. The Morgan fingerprint density at radius 3 is 2.75 bits per heavy atom. The Labute approximate surface area is 187 Å². The summed E-state index contributed by atoms with van der Waals surface area (Å²) >= 11 is 0. The average Bonchev–Trinajstić information content (AvgIpc) is 3.31. The summed E-state index contributed by atoms with van der Waals surface area (Å²) in [6.07, 6.45) is 10.8. The number of hydrogen-bond donors (Lipinski definition) is 1. The number of alkyl halides is 1. The van der Waals surface area contributed by atoms with E-state index in [0.29, 0.717) is 17.2 Å². The zero-order valence-electron chi connectivity index (χ0n) is 18.7. The standard InChI is InChI=1S/C24H29FN6O/c1-23-7-4-8-24(2,14-23)21(25)18(12-23)30(3)20-13-27-22(29-28-20)17-6-5-16(11-19(17)32)31-10-9-26-15-31/h5-6,9-11,13,15,18,21,32H,4,7-8,12,14H2,1-3H3/t18-,21-,23-,24-/m1/s1. The molecule has 0 unspecified atom stereocenters. The van der Waals surface area contributed by atoms with Crippen LogP contribution in [0.4, 0.5) is 10.2 Å². The molecule has 4 atom stereocenters. The maximum absolute atomic E-state index is 15.6. The van der Waals surface area contributed by atoms with E-state index in [1.54, 1.807) is 41.6 Å². The predicted molar refractivity (Wildman–Crippen MR) is 120 cm³/mol. The number of anilines is 1. The second kappa shape index (κ2) is 7.53. The molecule has 8 heteroatoms. The Morgan fingerprint density at radius 1 is 1.22 bits per heavy atom. The highest BCUT2D eigenvalue weighted by Gasteiger charge is 2.54. The molecule has 7 nitrogen and oxygen atoms in total. The van der Waals surface area contributed by atoms with E-state index < -0.39 is 6.17 Å². The van der Waals surface area contributed by atoms with E-state index in [1.807, 2.05) is 18.0 Å². The van der Waals surface area contributed by atoms with Crippen LogP contribution in [0.15, 0.2) is 43.1 Å². The van der Waals surface area contributed by atoms with Crippen molar-refractivity contribution in [2.75, 3.05) is 11.9 Å². The third kappa shape index (κ3) is 3.51. The molecule has 0 amide bonds. The summed E-state index contributed by atoms with van der Waals surface area (Å²) in [5, 5.41) is 19.1. The van der Waals surface area contributed by atoms with Gasteiger partial charge in [0, 0.05) is 30.9 Å². The minimum Gasteiger partial charge on any atom is -0.507 e. The fraction of sp³-hybridized carbons (Fsp3) is 0.500. The number of aromatic hydroxyl groups is 1. The Hall–Kier alpha value is -3.03. The van der Waals surface area contributed by atoms with E-state index in [0.717, 1.165) is 37.8 Å². The molecule has 0 spiro atoms. The first-order valence-electron chi connectivity index (χ1n) is 11.2. The van der Waals surface area contributed by atoms with Crippen LogP contribution in [-0.2, 0) is 0 Å². The van der Waals surface area contributed by atoms with Gasteiger partial charge in [0.2, 0.25) is 0 Å². The van der Waals surface area contributed by atoms with E-state index >= 15 is 4.39 Å². The van der Waals surface area contributed by atoms with Crippen molar-refractivity contribution >= 4 is 5.82 Å². The van der Waals surface area contributed by atoms with Crippen LogP contribution in [0.1, 0.15) is 46.0 Å². The average molecular weight is 437 g/mol. The van der Waals surface area contributed by atoms with Gasteiger partial charge in [0.25, 0.3) is 0 Å². The highest BCUT2D eigenvalue weighted by molar-refractivity contribution is 5.66. The number of phenols is 1. The van der Waals surface area contributed by atoms with Gasteiger partial charge in [-0.25, -0.2) is 14.4 Å². The molecule has 1 N–H and O–H groups in total. The molecule has 2 saturated carbocycles. The van der Waals surface area contributed by atoms with Crippen LogP contribution in [0.2, 0.25) is 0 Å². The predicted octanol–water partition coefficient (Wildman–Crippen LogP) is 4.56. The zero-order chi connectivity index (χ0) is 22.5. The molecule has 2 heterocycles. The molecule has 1 aromatic carbocycles. The number of phenolic OH excluding ortho intramolecular Hbond substituents is 1. The van der Waals surface area contributed by atoms with Gasteiger partial charge in [-0.05, 0) is 43.2 Å². The Balaban J connectivity index is 1.38. The summed E-state index contributed by atoms with van der Waals surface area (Å²) in [5.74, 6) is 0.931. The first kappa shape index (κ1) is 20.8. The molecule has 5 rings (SSSR count). The number of benzene rings is 1. The fourth-order valence-corrected chi connectivity index (χ4v) is 5.89. The van der Waals surface area contributed by atoms with Crippen molar-refractivity contribution in [1.82, 2.24) is 24.7 Å². The summed E-state index contributed by atoms with van der Waals surface area (Å²) in [7, 11) is 1.88. The van der Waals surface area contributed by atoms with Crippen LogP contribution in [-0.4, -0.2) is 49.1 Å². The first-order valence-corrected chi connectivity index (χ1v) is 11.2. The molecule has 2 aliphatic carbocycles.